The zero-order chi connectivity index (χ0) is 14.5. The van der Waals surface area contributed by atoms with Gasteiger partial charge in [-0.1, -0.05) is 12.7 Å². The van der Waals surface area contributed by atoms with Gasteiger partial charge in [0.15, 0.2) is 5.82 Å². The van der Waals surface area contributed by atoms with Crippen LogP contribution in [0.15, 0.2) is 25.0 Å². The summed E-state index contributed by atoms with van der Waals surface area (Å²) in [5.74, 6) is -0.645. The van der Waals surface area contributed by atoms with Crippen LogP contribution in [0.25, 0.3) is 0 Å². The lowest BCUT2D eigenvalue weighted by Gasteiger charge is -2.22. The third kappa shape index (κ3) is 2.93. The van der Waals surface area contributed by atoms with E-state index < -0.39 is 12.1 Å². The Hall–Kier alpha value is -2.44. The van der Waals surface area contributed by atoms with E-state index in [1.165, 1.54) is 18.5 Å². The van der Waals surface area contributed by atoms with Gasteiger partial charge in [-0.25, -0.2) is 19.6 Å². The topological polar surface area (TPSA) is 92.6 Å². The van der Waals surface area contributed by atoms with Gasteiger partial charge in [-0.05, 0) is 12.8 Å². The molecule has 1 fully saturated rings. The minimum atomic E-state index is -1.08. The molecule has 20 heavy (non-hydrogen) atoms. The number of nitrogens with zero attached hydrogens (tertiary/aromatic N) is 3. The van der Waals surface area contributed by atoms with Crippen molar-refractivity contribution < 1.29 is 19.4 Å². The number of carboxylic acid groups (broad SMARTS) is 1. The number of amides is 1. The first kappa shape index (κ1) is 14.0. The monoisotopic (exact) mass is 277 g/mol. The summed E-state index contributed by atoms with van der Waals surface area (Å²) >= 11 is 0. The predicted molar refractivity (Wildman–Crippen MR) is 69.2 cm³/mol. The van der Waals surface area contributed by atoms with Crippen molar-refractivity contribution in [1.29, 1.82) is 0 Å². The van der Waals surface area contributed by atoms with Gasteiger partial charge in [0, 0.05) is 18.9 Å². The van der Waals surface area contributed by atoms with E-state index in [0.29, 0.717) is 12.4 Å². The van der Waals surface area contributed by atoms with Crippen molar-refractivity contribution in [1.82, 2.24) is 14.9 Å². The van der Waals surface area contributed by atoms with Crippen LogP contribution in [0.1, 0.15) is 35.1 Å². The van der Waals surface area contributed by atoms with Crippen molar-refractivity contribution in [3.8, 4) is 0 Å². The van der Waals surface area contributed by atoms with Gasteiger partial charge in [-0.3, -0.25) is 4.90 Å². The number of likely N-dealkylation sites (tertiary alicyclic amines) is 1. The molecule has 1 aliphatic rings. The average molecular weight is 277 g/mol. The van der Waals surface area contributed by atoms with E-state index in [2.05, 4.69) is 16.5 Å². The molecular weight excluding hydrogens is 262 g/mol. The van der Waals surface area contributed by atoms with E-state index in [1.54, 1.807) is 4.90 Å². The Labute approximate surface area is 115 Å². The van der Waals surface area contributed by atoms with Gasteiger partial charge in [0.2, 0.25) is 0 Å². The Kier molecular flexibility index (Phi) is 4.29. The third-order valence-corrected chi connectivity index (χ3v) is 3.03. The van der Waals surface area contributed by atoms with Crippen LogP contribution in [0.3, 0.4) is 0 Å². The van der Waals surface area contributed by atoms with Crippen LogP contribution in [0.2, 0.25) is 0 Å². The van der Waals surface area contributed by atoms with Crippen molar-refractivity contribution in [3.05, 3.63) is 36.4 Å². The third-order valence-electron chi connectivity index (χ3n) is 3.03. The molecule has 2 rings (SSSR count). The smallest absolute Gasteiger partial charge is 0.410 e. The molecule has 7 nitrogen and oxygen atoms in total. The molecule has 1 aromatic rings. The molecule has 1 aromatic heterocycles. The van der Waals surface area contributed by atoms with Gasteiger partial charge < -0.3 is 9.84 Å². The quantitative estimate of drug-likeness (QED) is 0.841. The van der Waals surface area contributed by atoms with Crippen LogP contribution >= 0.6 is 0 Å². The molecular formula is C13H15N3O4. The van der Waals surface area contributed by atoms with Crippen molar-refractivity contribution in [2.24, 2.45) is 0 Å². The first-order valence-corrected chi connectivity index (χ1v) is 6.23. The second kappa shape index (κ2) is 6.14. The number of carbonyl (C=O) groups is 2. The molecule has 1 amide bonds. The van der Waals surface area contributed by atoms with Crippen molar-refractivity contribution in [2.45, 2.75) is 18.9 Å². The molecule has 0 radical (unpaired) electrons. The van der Waals surface area contributed by atoms with E-state index in [0.717, 1.165) is 12.8 Å². The molecule has 1 saturated heterocycles. The molecule has 0 aliphatic carbocycles. The molecule has 7 heteroatoms. The fourth-order valence-electron chi connectivity index (χ4n) is 2.09. The van der Waals surface area contributed by atoms with Gasteiger partial charge in [0.05, 0.1) is 11.6 Å². The zero-order valence-corrected chi connectivity index (χ0v) is 10.9. The Morgan fingerprint density at radius 1 is 1.50 bits per heavy atom. The predicted octanol–water partition coefficient (Wildman–Crippen LogP) is 1.63. The zero-order valence-electron chi connectivity index (χ0n) is 10.9. The SMILES string of the molecule is C=CCOC(=O)N1CCCC1c1ncc(C(=O)O)cn1. The molecule has 1 N–H and O–H groups in total. The van der Waals surface area contributed by atoms with Crippen molar-refractivity contribution >= 4 is 12.1 Å². The Morgan fingerprint density at radius 2 is 2.20 bits per heavy atom. The Morgan fingerprint density at radius 3 is 2.80 bits per heavy atom. The van der Waals surface area contributed by atoms with Crippen LogP contribution in [-0.4, -0.2) is 45.2 Å². The summed E-state index contributed by atoms with van der Waals surface area (Å²) in [7, 11) is 0. The lowest BCUT2D eigenvalue weighted by molar-refractivity contribution is 0.0695. The van der Waals surface area contributed by atoms with E-state index in [1.807, 2.05) is 0 Å². The average Bonchev–Trinajstić information content (AvgIpc) is 2.94. The highest BCUT2D eigenvalue weighted by molar-refractivity contribution is 5.86. The number of aromatic nitrogens is 2. The molecule has 1 aliphatic heterocycles. The van der Waals surface area contributed by atoms with Gasteiger partial charge >= 0.3 is 12.1 Å². The van der Waals surface area contributed by atoms with Gasteiger partial charge in [0.25, 0.3) is 0 Å². The number of rotatable bonds is 4. The van der Waals surface area contributed by atoms with E-state index in [4.69, 9.17) is 9.84 Å². The summed E-state index contributed by atoms with van der Waals surface area (Å²) in [6.45, 7) is 4.21. The normalized spacial score (nSPS) is 17.8. The van der Waals surface area contributed by atoms with E-state index >= 15 is 0 Å². The van der Waals surface area contributed by atoms with Crippen molar-refractivity contribution in [2.75, 3.05) is 13.2 Å². The molecule has 0 aromatic carbocycles. The molecule has 0 saturated carbocycles. The van der Waals surface area contributed by atoms with Crippen LogP contribution in [0, 0.1) is 0 Å². The molecule has 1 unspecified atom stereocenters. The number of carboxylic acids is 1. The standard InChI is InChI=1S/C13H15N3O4/c1-2-6-20-13(19)16-5-3-4-10(16)11-14-7-9(8-15-11)12(17)18/h2,7-8,10H,1,3-6H2,(H,17,18). The molecule has 0 spiro atoms. The first-order valence-electron chi connectivity index (χ1n) is 6.23. The minimum absolute atomic E-state index is 0.0209. The maximum atomic E-state index is 11.9. The number of hydrogen-bond donors (Lipinski definition) is 1. The lowest BCUT2D eigenvalue weighted by atomic mass is 10.2. The first-order chi connectivity index (χ1) is 9.63. The van der Waals surface area contributed by atoms with Gasteiger partial charge in [0.1, 0.15) is 6.61 Å². The Balaban J connectivity index is 2.11. The highest BCUT2D eigenvalue weighted by Gasteiger charge is 2.32. The highest BCUT2D eigenvalue weighted by Crippen LogP contribution is 2.30. The molecule has 2 heterocycles. The van der Waals surface area contributed by atoms with Gasteiger partial charge in [-0.15, -0.1) is 0 Å². The minimum Gasteiger partial charge on any atom is -0.478 e. The van der Waals surface area contributed by atoms with Crippen molar-refractivity contribution in [3.63, 3.8) is 0 Å². The van der Waals surface area contributed by atoms with Crippen LogP contribution in [0.5, 0.6) is 0 Å². The summed E-state index contributed by atoms with van der Waals surface area (Å²) < 4.78 is 5.01. The van der Waals surface area contributed by atoms with Crippen LogP contribution in [-0.2, 0) is 4.74 Å². The van der Waals surface area contributed by atoms with Crippen LogP contribution < -0.4 is 0 Å². The van der Waals surface area contributed by atoms with Crippen LogP contribution in [0.4, 0.5) is 4.79 Å². The van der Waals surface area contributed by atoms with Gasteiger partial charge in [-0.2, -0.15) is 0 Å². The maximum absolute atomic E-state index is 11.9. The maximum Gasteiger partial charge on any atom is 0.410 e. The molecule has 1 atom stereocenters. The number of hydrogen-bond acceptors (Lipinski definition) is 5. The lowest BCUT2D eigenvalue weighted by Crippen LogP contribution is -2.32. The van der Waals surface area contributed by atoms with E-state index in [9.17, 15) is 9.59 Å². The number of ether oxygens (including phenoxy) is 1. The summed E-state index contributed by atoms with van der Waals surface area (Å²) in [6.07, 6.45) is 5.12. The highest BCUT2D eigenvalue weighted by atomic mass is 16.6. The fraction of sp³-hybridized carbons (Fsp3) is 0.385. The largest absolute Gasteiger partial charge is 0.478 e. The molecule has 106 valence electrons. The Bertz CT molecular complexity index is 515. The summed E-state index contributed by atoms with van der Waals surface area (Å²) in [4.78, 5) is 32.2. The number of aromatic carboxylic acids is 1. The summed E-state index contributed by atoms with van der Waals surface area (Å²) in [5.41, 5.74) is 0.0209. The molecule has 0 bridgehead atoms. The van der Waals surface area contributed by atoms with E-state index in [-0.39, 0.29) is 18.2 Å². The fourth-order valence-corrected chi connectivity index (χ4v) is 2.09. The second-order valence-corrected chi connectivity index (χ2v) is 4.35. The second-order valence-electron chi connectivity index (χ2n) is 4.35. The summed E-state index contributed by atoms with van der Waals surface area (Å²) in [6, 6.07) is -0.268. The summed E-state index contributed by atoms with van der Waals surface area (Å²) in [5, 5.41) is 8.80. The number of carbonyl (C=O) groups excluding carboxylic acids is 1.